The third kappa shape index (κ3) is 5.24. The monoisotopic (exact) mass is 473 g/mol. The minimum Gasteiger partial charge on any atom is -0.477 e. The molecule has 0 unspecified atom stereocenters. The Kier molecular flexibility index (Phi) is 7.16. The summed E-state index contributed by atoms with van der Waals surface area (Å²) >= 11 is 0. The van der Waals surface area contributed by atoms with Crippen LogP contribution in [0, 0.1) is 6.07 Å². The fraction of sp³-hybridized carbons (Fsp3) is 0.0625. The van der Waals surface area contributed by atoms with Crippen LogP contribution in [0.4, 0.5) is 0 Å². The molecule has 0 amide bonds. The maximum atomic E-state index is 10.1. The van der Waals surface area contributed by atoms with E-state index in [0.717, 1.165) is 11.3 Å². The van der Waals surface area contributed by atoms with E-state index in [4.69, 9.17) is 5.11 Å². The maximum Gasteiger partial charge on any atom is 0.354 e. The molecule has 3 aromatic rings. The molecule has 5 nitrogen and oxygen atoms in total. The number of aromatic nitrogens is 3. The van der Waals surface area contributed by atoms with Gasteiger partial charge in [0.05, 0.1) is 6.33 Å². The molecule has 22 heavy (non-hydrogen) atoms. The minimum absolute atomic E-state index is 0. The van der Waals surface area contributed by atoms with Crippen molar-refractivity contribution >= 4 is 5.97 Å². The number of benzene rings is 1. The molecule has 0 aliphatic rings. The number of aryl methyl sites for hydroxylation is 1. The van der Waals surface area contributed by atoms with E-state index in [1.165, 1.54) is 12.3 Å². The quantitative estimate of drug-likeness (QED) is 0.583. The molecule has 0 saturated carbocycles. The van der Waals surface area contributed by atoms with E-state index in [2.05, 4.69) is 16.0 Å². The maximum absolute atomic E-state index is 10.1. The third-order valence-corrected chi connectivity index (χ3v) is 2.57. The molecule has 1 aromatic carbocycles. The smallest absolute Gasteiger partial charge is 0.354 e. The van der Waals surface area contributed by atoms with Crippen LogP contribution in [-0.2, 0) is 27.2 Å². The van der Waals surface area contributed by atoms with Gasteiger partial charge in [-0.3, -0.25) is 4.98 Å². The fourth-order valence-corrected chi connectivity index (χ4v) is 1.59. The van der Waals surface area contributed by atoms with Gasteiger partial charge in [0.25, 0.3) is 0 Å². The zero-order chi connectivity index (χ0) is 15.1. The zero-order valence-electron chi connectivity index (χ0n) is 11.8. The normalized spacial score (nSPS) is 9.14. The molecule has 2 heterocycles. The number of pyridine rings is 1. The van der Waals surface area contributed by atoms with E-state index in [-0.39, 0.29) is 25.8 Å². The second kappa shape index (κ2) is 8.87. The van der Waals surface area contributed by atoms with Crippen LogP contribution in [0.1, 0.15) is 10.5 Å². The molecule has 0 saturated heterocycles. The molecule has 2 aromatic heterocycles. The molecule has 0 aliphatic heterocycles. The first kappa shape index (κ1) is 17.8. The van der Waals surface area contributed by atoms with E-state index in [9.17, 15) is 4.79 Å². The Morgan fingerprint density at radius 1 is 1.18 bits per heavy atom. The van der Waals surface area contributed by atoms with Gasteiger partial charge in [-0.05, 0) is 18.3 Å². The van der Waals surface area contributed by atoms with E-state index >= 15 is 0 Å². The van der Waals surface area contributed by atoms with Gasteiger partial charge in [0.1, 0.15) is 5.69 Å². The fourth-order valence-electron chi connectivity index (χ4n) is 1.59. The van der Waals surface area contributed by atoms with E-state index < -0.39 is 5.97 Å². The number of imidazole rings is 1. The van der Waals surface area contributed by atoms with Crippen molar-refractivity contribution in [2.24, 2.45) is 7.05 Å². The van der Waals surface area contributed by atoms with Gasteiger partial charge >= 0.3 is 5.97 Å². The van der Waals surface area contributed by atoms with E-state index in [1.54, 1.807) is 18.5 Å². The Morgan fingerprint density at radius 3 is 2.41 bits per heavy atom. The minimum atomic E-state index is -0.990. The van der Waals surface area contributed by atoms with E-state index in [0.29, 0.717) is 0 Å². The molecule has 1 N–H and O–H groups in total. The van der Waals surface area contributed by atoms with Gasteiger partial charge < -0.3 is 9.67 Å². The van der Waals surface area contributed by atoms with Gasteiger partial charge in [-0.25, -0.2) is 9.78 Å². The van der Waals surface area contributed by atoms with Crippen LogP contribution in [0.25, 0.3) is 11.3 Å². The Bertz CT molecular complexity index is 700. The van der Waals surface area contributed by atoms with Crippen molar-refractivity contribution in [1.29, 1.82) is 0 Å². The molecular formula is C16H14IrN3O2-. The molecule has 1 radical (unpaired) electrons. The second-order valence-electron chi connectivity index (χ2n) is 4.22. The summed E-state index contributed by atoms with van der Waals surface area (Å²) in [4.78, 5) is 17.9. The summed E-state index contributed by atoms with van der Waals surface area (Å²) in [6, 6.07) is 15.7. The number of nitrogens with zero attached hydrogens (tertiary/aromatic N) is 3. The van der Waals surface area contributed by atoms with Crippen molar-refractivity contribution in [3.63, 3.8) is 0 Å². The van der Waals surface area contributed by atoms with Crippen molar-refractivity contribution in [1.82, 2.24) is 14.5 Å². The summed E-state index contributed by atoms with van der Waals surface area (Å²) in [7, 11) is 1.96. The average molecular weight is 473 g/mol. The number of rotatable bonds is 2. The van der Waals surface area contributed by atoms with Crippen molar-refractivity contribution in [2.75, 3.05) is 0 Å². The van der Waals surface area contributed by atoms with E-state index in [1.807, 2.05) is 42.1 Å². The van der Waals surface area contributed by atoms with Crippen LogP contribution in [0.5, 0.6) is 0 Å². The van der Waals surface area contributed by atoms with Gasteiger partial charge in [-0.2, -0.15) is 0 Å². The van der Waals surface area contributed by atoms with Crippen LogP contribution in [0.2, 0.25) is 0 Å². The Balaban J connectivity index is 0.000000219. The average Bonchev–Trinajstić information content (AvgIpc) is 2.96. The summed E-state index contributed by atoms with van der Waals surface area (Å²) < 4.78 is 1.93. The summed E-state index contributed by atoms with van der Waals surface area (Å²) in [5.41, 5.74) is 2.09. The Hall–Kier alpha value is -2.30. The predicted octanol–water partition coefficient (Wildman–Crippen LogP) is 2.66. The molecular weight excluding hydrogens is 458 g/mol. The number of carbonyl (C=O) groups is 1. The van der Waals surface area contributed by atoms with Gasteiger partial charge in [0.2, 0.25) is 0 Å². The van der Waals surface area contributed by atoms with Crippen LogP contribution in [0.3, 0.4) is 0 Å². The van der Waals surface area contributed by atoms with Gasteiger partial charge in [0.15, 0.2) is 0 Å². The number of hydrogen-bond donors (Lipinski definition) is 1. The molecule has 0 spiro atoms. The van der Waals surface area contributed by atoms with Crippen LogP contribution >= 0.6 is 0 Å². The largest absolute Gasteiger partial charge is 0.477 e. The van der Waals surface area contributed by atoms with Gasteiger partial charge in [-0.1, -0.05) is 6.07 Å². The van der Waals surface area contributed by atoms with Crippen LogP contribution in [0.15, 0.2) is 61.2 Å². The number of carboxylic acid groups (broad SMARTS) is 1. The molecule has 0 fully saturated rings. The molecule has 0 atom stereocenters. The summed E-state index contributed by atoms with van der Waals surface area (Å²) in [6.45, 7) is 0. The van der Waals surface area contributed by atoms with Crippen molar-refractivity contribution in [3.8, 4) is 11.3 Å². The first-order chi connectivity index (χ1) is 10.2. The molecule has 0 bridgehead atoms. The molecule has 3 rings (SSSR count). The van der Waals surface area contributed by atoms with Crippen LogP contribution < -0.4 is 0 Å². The Morgan fingerprint density at radius 2 is 1.95 bits per heavy atom. The number of carboxylic acids is 1. The number of hydrogen-bond acceptors (Lipinski definition) is 3. The molecule has 0 aliphatic carbocycles. The first-order valence-electron chi connectivity index (χ1n) is 6.26. The first-order valence-corrected chi connectivity index (χ1v) is 6.26. The molecule has 115 valence electrons. The Labute approximate surface area is 142 Å². The topological polar surface area (TPSA) is 68.0 Å². The SMILES string of the molecule is Cn1cnc(-c2[c-]cccc2)c1.O=C(O)c1ccccn1.[Ir]. The third-order valence-electron chi connectivity index (χ3n) is 2.57. The van der Waals surface area contributed by atoms with Gasteiger partial charge in [0, 0.05) is 39.0 Å². The van der Waals surface area contributed by atoms with Crippen molar-refractivity contribution < 1.29 is 30.0 Å². The zero-order valence-corrected chi connectivity index (χ0v) is 14.2. The second-order valence-corrected chi connectivity index (χ2v) is 4.22. The standard InChI is InChI=1S/C10H9N2.C6H5NO2.Ir/c1-12-7-10(11-8-12)9-5-3-2-4-6-9;8-6(9)5-3-1-2-4-7-5;/h2-5,7-8H,1H3;1-4H,(H,8,9);/q-1;;. The van der Waals surface area contributed by atoms with Crippen LogP contribution in [-0.4, -0.2) is 25.6 Å². The van der Waals surface area contributed by atoms with Crippen molar-refractivity contribution in [2.45, 2.75) is 0 Å². The van der Waals surface area contributed by atoms with Gasteiger partial charge in [-0.15, -0.1) is 35.9 Å². The van der Waals surface area contributed by atoms with Crippen molar-refractivity contribution in [3.05, 3.63) is 72.9 Å². The molecule has 6 heteroatoms. The number of aromatic carboxylic acids is 1. The summed E-state index contributed by atoms with van der Waals surface area (Å²) in [5, 5.41) is 8.32. The summed E-state index contributed by atoms with van der Waals surface area (Å²) in [6.07, 6.45) is 5.21. The summed E-state index contributed by atoms with van der Waals surface area (Å²) in [5.74, 6) is -0.990. The predicted molar refractivity (Wildman–Crippen MR) is 78.7 cm³/mol.